The molecule has 3 aromatic rings. The van der Waals surface area contributed by atoms with Gasteiger partial charge in [-0.05, 0) is 73.6 Å². The Bertz CT molecular complexity index is 1240. The Labute approximate surface area is 227 Å². The van der Waals surface area contributed by atoms with E-state index >= 15 is 0 Å². The fourth-order valence-electron chi connectivity index (χ4n) is 5.05. The van der Waals surface area contributed by atoms with Gasteiger partial charge in [-0.1, -0.05) is 32.9 Å². The second-order valence-electron chi connectivity index (χ2n) is 11.2. The zero-order chi connectivity index (χ0) is 27.4. The number of hydrogen-bond acceptors (Lipinski definition) is 5. The van der Waals surface area contributed by atoms with Crippen LogP contribution in [-0.4, -0.2) is 59.0 Å². The van der Waals surface area contributed by atoms with Crippen LogP contribution >= 0.6 is 0 Å². The van der Waals surface area contributed by atoms with Crippen LogP contribution in [0.25, 0.3) is 0 Å². The van der Waals surface area contributed by atoms with E-state index in [4.69, 9.17) is 9.47 Å². The molecule has 0 saturated heterocycles. The Hall–Kier alpha value is -3.32. The molecular weight excluding hydrogens is 476 g/mol. The molecular formula is C31H42N4O3. The van der Waals surface area contributed by atoms with Crippen LogP contribution in [0.4, 0.5) is 0 Å². The monoisotopic (exact) mass is 518 g/mol. The number of amides is 1. The standard InChI is InChI=1S/C31H42N4O3/c1-8-34(9-2)30(36)23-12-10-22(11-13-23)29-25-17-28(38-19-31(4,5)6)27(37-7)16-24(25)14-15-35(29)18-26-21(3)32-20-33-26/h10-13,16-17,20,29H,8-9,14-15,18-19H2,1-7H3,(H,32,33). The summed E-state index contributed by atoms with van der Waals surface area (Å²) in [5, 5.41) is 0. The van der Waals surface area contributed by atoms with E-state index < -0.39 is 0 Å². The molecule has 0 aliphatic carbocycles. The second kappa shape index (κ2) is 11.6. The van der Waals surface area contributed by atoms with E-state index in [0.29, 0.717) is 25.3 Å². The fourth-order valence-corrected chi connectivity index (χ4v) is 5.05. The number of aryl methyl sites for hydroxylation is 1. The van der Waals surface area contributed by atoms with Crippen LogP contribution in [0, 0.1) is 12.3 Å². The van der Waals surface area contributed by atoms with Crippen molar-refractivity contribution in [2.24, 2.45) is 5.41 Å². The number of nitrogens with zero attached hydrogens (tertiary/aromatic N) is 3. The third-order valence-corrected chi connectivity index (χ3v) is 7.23. The number of aromatic amines is 1. The van der Waals surface area contributed by atoms with Crippen molar-refractivity contribution in [2.75, 3.05) is 33.4 Å². The maximum Gasteiger partial charge on any atom is 0.253 e. The Morgan fingerprint density at radius 2 is 1.84 bits per heavy atom. The van der Waals surface area contributed by atoms with Crippen LogP contribution in [-0.2, 0) is 13.0 Å². The SMILES string of the molecule is CCN(CC)C(=O)c1ccc(C2c3cc(OCC(C)(C)C)c(OC)cc3CCN2Cc2nc[nH]c2C)cc1. The molecule has 7 nitrogen and oxygen atoms in total. The van der Waals surface area contributed by atoms with Gasteiger partial charge in [0.05, 0.1) is 31.8 Å². The fraction of sp³-hybridized carbons (Fsp3) is 0.484. The lowest BCUT2D eigenvalue weighted by Crippen LogP contribution is -2.36. The third-order valence-electron chi connectivity index (χ3n) is 7.23. The van der Waals surface area contributed by atoms with Crippen LogP contribution in [0.3, 0.4) is 0 Å². The van der Waals surface area contributed by atoms with Gasteiger partial charge in [0, 0.05) is 37.4 Å². The molecule has 2 aromatic carbocycles. The van der Waals surface area contributed by atoms with E-state index in [2.05, 4.69) is 66.8 Å². The highest BCUT2D eigenvalue weighted by atomic mass is 16.5. The predicted molar refractivity (Wildman–Crippen MR) is 151 cm³/mol. The quantitative estimate of drug-likeness (QED) is 0.389. The minimum absolute atomic E-state index is 0.00431. The first-order valence-electron chi connectivity index (χ1n) is 13.6. The number of nitrogens with one attached hydrogen (secondary N) is 1. The molecule has 38 heavy (non-hydrogen) atoms. The molecule has 0 fully saturated rings. The Morgan fingerprint density at radius 1 is 1.13 bits per heavy atom. The first kappa shape index (κ1) is 27.7. The summed E-state index contributed by atoms with van der Waals surface area (Å²) >= 11 is 0. The van der Waals surface area contributed by atoms with Gasteiger partial charge in [-0.15, -0.1) is 0 Å². The average molecular weight is 519 g/mol. The Kier molecular flexibility index (Phi) is 8.46. The summed E-state index contributed by atoms with van der Waals surface area (Å²) in [7, 11) is 1.70. The van der Waals surface area contributed by atoms with Crippen molar-refractivity contribution in [1.82, 2.24) is 19.8 Å². The first-order chi connectivity index (χ1) is 18.1. The second-order valence-corrected chi connectivity index (χ2v) is 11.2. The molecule has 1 N–H and O–H groups in total. The van der Waals surface area contributed by atoms with Crippen molar-refractivity contribution < 1.29 is 14.3 Å². The summed E-state index contributed by atoms with van der Waals surface area (Å²) in [4.78, 5) is 25.1. The zero-order valence-electron chi connectivity index (χ0n) is 23.9. The number of carbonyl (C=O) groups is 1. The number of fused-ring (bicyclic) bond motifs is 1. The number of imidazole rings is 1. The van der Waals surface area contributed by atoms with E-state index in [-0.39, 0.29) is 17.4 Å². The smallest absolute Gasteiger partial charge is 0.253 e. The third kappa shape index (κ3) is 6.04. The van der Waals surface area contributed by atoms with Crippen molar-refractivity contribution >= 4 is 5.91 Å². The molecule has 0 bridgehead atoms. The number of hydrogen-bond donors (Lipinski definition) is 1. The predicted octanol–water partition coefficient (Wildman–Crippen LogP) is 5.78. The van der Waals surface area contributed by atoms with Gasteiger partial charge in [0.2, 0.25) is 0 Å². The van der Waals surface area contributed by atoms with Crippen molar-refractivity contribution in [1.29, 1.82) is 0 Å². The minimum Gasteiger partial charge on any atom is -0.493 e. The lowest BCUT2D eigenvalue weighted by molar-refractivity contribution is 0.0773. The van der Waals surface area contributed by atoms with Crippen LogP contribution in [0.1, 0.15) is 79.1 Å². The van der Waals surface area contributed by atoms with E-state index in [1.807, 2.05) is 30.9 Å². The van der Waals surface area contributed by atoms with Crippen molar-refractivity contribution in [3.8, 4) is 11.5 Å². The summed E-state index contributed by atoms with van der Waals surface area (Å²) in [5.74, 6) is 1.60. The first-order valence-corrected chi connectivity index (χ1v) is 13.6. The molecule has 7 heteroatoms. The molecule has 0 saturated carbocycles. The molecule has 1 aliphatic rings. The molecule has 204 valence electrons. The summed E-state index contributed by atoms with van der Waals surface area (Å²) in [6, 6.07) is 12.4. The van der Waals surface area contributed by atoms with Crippen LogP contribution in [0.15, 0.2) is 42.7 Å². The normalized spacial score (nSPS) is 15.7. The average Bonchev–Trinajstić information content (AvgIpc) is 3.31. The highest BCUT2D eigenvalue weighted by Gasteiger charge is 2.31. The number of benzene rings is 2. The number of aromatic nitrogens is 2. The molecule has 2 heterocycles. The number of H-pyrrole nitrogens is 1. The lowest BCUT2D eigenvalue weighted by Gasteiger charge is -2.38. The number of rotatable bonds is 9. The molecule has 4 rings (SSSR count). The van der Waals surface area contributed by atoms with E-state index in [1.165, 1.54) is 11.1 Å². The number of carbonyl (C=O) groups excluding carboxylic acids is 1. The molecule has 1 atom stereocenters. The Balaban J connectivity index is 1.76. The topological polar surface area (TPSA) is 70.7 Å². The van der Waals surface area contributed by atoms with Gasteiger partial charge < -0.3 is 19.4 Å². The number of ether oxygens (including phenoxy) is 2. The van der Waals surface area contributed by atoms with Gasteiger partial charge in [0.15, 0.2) is 11.5 Å². The van der Waals surface area contributed by atoms with Crippen molar-refractivity contribution in [2.45, 2.75) is 60.5 Å². The van der Waals surface area contributed by atoms with Crippen molar-refractivity contribution in [3.05, 3.63) is 76.4 Å². The minimum atomic E-state index is -0.00431. The maximum absolute atomic E-state index is 12.9. The molecule has 0 spiro atoms. The molecule has 1 aromatic heterocycles. The number of methoxy groups -OCH3 is 1. The van der Waals surface area contributed by atoms with Gasteiger partial charge in [-0.2, -0.15) is 0 Å². The largest absolute Gasteiger partial charge is 0.493 e. The summed E-state index contributed by atoms with van der Waals surface area (Å²) in [6.45, 7) is 16.2. The highest BCUT2D eigenvalue weighted by molar-refractivity contribution is 5.94. The van der Waals surface area contributed by atoms with Gasteiger partial charge in [0.1, 0.15) is 0 Å². The van der Waals surface area contributed by atoms with Gasteiger partial charge in [-0.25, -0.2) is 4.98 Å². The zero-order valence-corrected chi connectivity index (χ0v) is 23.9. The van der Waals surface area contributed by atoms with Gasteiger partial charge in [0.25, 0.3) is 5.91 Å². The van der Waals surface area contributed by atoms with E-state index in [1.54, 1.807) is 13.4 Å². The lowest BCUT2D eigenvalue weighted by atomic mass is 9.87. The van der Waals surface area contributed by atoms with Crippen LogP contribution in [0.2, 0.25) is 0 Å². The Morgan fingerprint density at radius 3 is 2.42 bits per heavy atom. The molecule has 1 unspecified atom stereocenters. The van der Waals surface area contributed by atoms with Crippen LogP contribution in [0.5, 0.6) is 11.5 Å². The van der Waals surface area contributed by atoms with Gasteiger partial charge in [-0.3, -0.25) is 9.69 Å². The summed E-state index contributed by atoms with van der Waals surface area (Å²) in [6.07, 6.45) is 2.66. The molecule has 1 amide bonds. The van der Waals surface area contributed by atoms with E-state index in [0.717, 1.165) is 48.0 Å². The van der Waals surface area contributed by atoms with Crippen molar-refractivity contribution in [3.63, 3.8) is 0 Å². The highest BCUT2D eigenvalue weighted by Crippen LogP contribution is 2.42. The van der Waals surface area contributed by atoms with E-state index in [9.17, 15) is 4.79 Å². The van der Waals surface area contributed by atoms with Crippen LogP contribution < -0.4 is 9.47 Å². The summed E-state index contributed by atoms with van der Waals surface area (Å²) in [5.41, 5.74) is 6.47. The molecule has 0 radical (unpaired) electrons. The summed E-state index contributed by atoms with van der Waals surface area (Å²) < 4.78 is 12.0. The maximum atomic E-state index is 12.9. The molecule has 1 aliphatic heterocycles. The van der Waals surface area contributed by atoms with Gasteiger partial charge >= 0.3 is 0 Å².